The zero-order valence-electron chi connectivity index (χ0n) is 18.3. The molecule has 1 fully saturated rings. The molecular weight excluding hydrogens is 359 g/mol. The van der Waals surface area contributed by atoms with Crippen molar-refractivity contribution in [1.29, 1.82) is 0 Å². The smallest absolute Gasteiger partial charge is 0.162 e. The quantitative estimate of drug-likeness (QED) is 0.387. The number of rotatable bonds is 10. The number of benzene rings is 1. The van der Waals surface area contributed by atoms with Crippen molar-refractivity contribution in [1.82, 2.24) is 9.97 Å². The minimum absolute atomic E-state index is 0.203. The molecule has 0 radical (unpaired) electrons. The summed E-state index contributed by atoms with van der Waals surface area (Å²) >= 11 is 0. The van der Waals surface area contributed by atoms with E-state index in [-0.39, 0.29) is 5.82 Å². The Morgan fingerprint density at radius 1 is 0.828 bits per heavy atom. The first kappa shape index (κ1) is 21.9. The Bertz CT molecular complexity index is 733. The van der Waals surface area contributed by atoms with Crippen LogP contribution in [0.25, 0.3) is 11.4 Å². The molecule has 1 aliphatic carbocycles. The van der Waals surface area contributed by atoms with Crippen molar-refractivity contribution in [3.63, 3.8) is 0 Å². The number of nitrogens with zero attached hydrogens (tertiary/aromatic N) is 2. The standard InChI is InChI=1S/C26H37FN2/c1-3-5-6-8-20-9-11-21(12-10-20)13-14-22-15-16-24(25(27)17-22)26-28-18-23(7-4-2)19-29-26/h15-21H,3-14H2,1-2H3. The van der Waals surface area contributed by atoms with Gasteiger partial charge in [-0.2, -0.15) is 0 Å². The lowest BCUT2D eigenvalue weighted by Gasteiger charge is -2.28. The number of halogens is 1. The summed E-state index contributed by atoms with van der Waals surface area (Å²) in [6, 6.07) is 5.59. The zero-order valence-corrected chi connectivity index (χ0v) is 18.3. The summed E-state index contributed by atoms with van der Waals surface area (Å²) in [4.78, 5) is 8.72. The van der Waals surface area contributed by atoms with Crippen LogP contribution in [0.5, 0.6) is 0 Å². The molecule has 1 heterocycles. The van der Waals surface area contributed by atoms with Gasteiger partial charge in [-0.25, -0.2) is 14.4 Å². The maximum absolute atomic E-state index is 14.7. The fraction of sp³-hybridized carbons (Fsp3) is 0.615. The van der Waals surface area contributed by atoms with Crippen molar-refractivity contribution in [3.8, 4) is 11.4 Å². The Kier molecular flexibility index (Phi) is 8.64. The Morgan fingerprint density at radius 3 is 2.14 bits per heavy atom. The van der Waals surface area contributed by atoms with E-state index in [1.807, 2.05) is 18.5 Å². The first-order chi connectivity index (χ1) is 14.2. The van der Waals surface area contributed by atoms with Crippen molar-refractivity contribution in [2.45, 2.75) is 90.9 Å². The third-order valence-electron chi connectivity index (χ3n) is 6.54. The Balaban J connectivity index is 1.48. The average molecular weight is 397 g/mol. The third kappa shape index (κ3) is 6.62. The molecule has 29 heavy (non-hydrogen) atoms. The number of hydrogen-bond acceptors (Lipinski definition) is 2. The van der Waals surface area contributed by atoms with Crippen LogP contribution in [0.1, 0.15) is 89.2 Å². The number of unbranched alkanes of at least 4 members (excludes halogenated alkanes) is 2. The molecule has 158 valence electrons. The second-order valence-corrected chi connectivity index (χ2v) is 8.90. The van der Waals surface area contributed by atoms with E-state index in [0.29, 0.717) is 11.4 Å². The van der Waals surface area contributed by atoms with E-state index in [1.54, 1.807) is 6.07 Å². The summed E-state index contributed by atoms with van der Waals surface area (Å²) < 4.78 is 14.7. The molecule has 0 amide bonds. The van der Waals surface area contributed by atoms with Crippen molar-refractivity contribution < 1.29 is 4.39 Å². The molecule has 1 aromatic carbocycles. The van der Waals surface area contributed by atoms with Gasteiger partial charge in [-0.1, -0.05) is 77.7 Å². The molecule has 0 spiro atoms. The highest BCUT2D eigenvalue weighted by Gasteiger charge is 2.20. The van der Waals surface area contributed by atoms with E-state index in [1.165, 1.54) is 57.8 Å². The van der Waals surface area contributed by atoms with Crippen LogP contribution in [-0.4, -0.2) is 9.97 Å². The van der Waals surface area contributed by atoms with Gasteiger partial charge in [0.25, 0.3) is 0 Å². The van der Waals surface area contributed by atoms with Gasteiger partial charge in [0.2, 0.25) is 0 Å². The van der Waals surface area contributed by atoms with Gasteiger partial charge in [0.15, 0.2) is 5.82 Å². The Hall–Kier alpha value is -1.77. The molecule has 2 aromatic rings. The highest BCUT2D eigenvalue weighted by Crippen LogP contribution is 2.34. The lowest BCUT2D eigenvalue weighted by molar-refractivity contribution is 0.249. The minimum Gasteiger partial charge on any atom is -0.236 e. The summed E-state index contributed by atoms with van der Waals surface area (Å²) in [6.07, 6.45) is 18.9. The van der Waals surface area contributed by atoms with Crippen LogP contribution in [0, 0.1) is 17.7 Å². The van der Waals surface area contributed by atoms with Gasteiger partial charge in [0.05, 0.1) is 5.56 Å². The van der Waals surface area contributed by atoms with Gasteiger partial charge < -0.3 is 0 Å². The lowest BCUT2D eigenvalue weighted by Crippen LogP contribution is -2.15. The molecular formula is C26H37FN2. The van der Waals surface area contributed by atoms with Crippen LogP contribution in [0.15, 0.2) is 30.6 Å². The van der Waals surface area contributed by atoms with Crippen LogP contribution in [0.4, 0.5) is 4.39 Å². The molecule has 0 N–H and O–H groups in total. The minimum atomic E-state index is -0.203. The predicted molar refractivity (Wildman–Crippen MR) is 119 cm³/mol. The first-order valence-corrected chi connectivity index (χ1v) is 11.8. The Morgan fingerprint density at radius 2 is 1.52 bits per heavy atom. The fourth-order valence-corrected chi connectivity index (χ4v) is 4.67. The topological polar surface area (TPSA) is 25.8 Å². The second-order valence-electron chi connectivity index (χ2n) is 8.90. The molecule has 1 aliphatic rings. The van der Waals surface area contributed by atoms with E-state index in [0.717, 1.165) is 42.2 Å². The van der Waals surface area contributed by atoms with Crippen LogP contribution in [-0.2, 0) is 12.8 Å². The molecule has 0 atom stereocenters. The van der Waals surface area contributed by atoms with Crippen molar-refractivity contribution in [2.24, 2.45) is 11.8 Å². The molecule has 0 bridgehead atoms. The molecule has 0 unspecified atom stereocenters. The summed E-state index contributed by atoms with van der Waals surface area (Å²) in [5.41, 5.74) is 2.71. The van der Waals surface area contributed by atoms with Crippen LogP contribution in [0.3, 0.4) is 0 Å². The Labute approximate surface area is 176 Å². The predicted octanol–water partition coefficient (Wildman–Crippen LogP) is 7.55. The van der Waals surface area contributed by atoms with Gasteiger partial charge in [-0.15, -0.1) is 0 Å². The van der Waals surface area contributed by atoms with Gasteiger partial charge in [0.1, 0.15) is 5.82 Å². The average Bonchev–Trinajstić information content (AvgIpc) is 2.74. The van der Waals surface area contributed by atoms with Gasteiger partial charge in [-0.05, 0) is 54.4 Å². The van der Waals surface area contributed by atoms with E-state index < -0.39 is 0 Å². The van der Waals surface area contributed by atoms with E-state index in [2.05, 4.69) is 29.9 Å². The van der Waals surface area contributed by atoms with Crippen molar-refractivity contribution >= 4 is 0 Å². The maximum atomic E-state index is 14.7. The van der Waals surface area contributed by atoms with Gasteiger partial charge in [0, 0.05) is 12.4 Å². The summed E-state index contributed by atoms with van der Waals surface area (Å²) in [6.45, 7) is 4.41. The largest absolute Gasteiger partial charge is 0.236 e. The molecule has 2 nitrogen and oxygen atoms in total. The molecule has 0 aliphatic heterocycles. The SMILES string of the molecule is CCCCCC1CCC(CCc2ccc(-c3ncc(CCC)cn3)c(F)c2)CC1. The molecule has 0 saturated heterocycles. The second kappa shape index (κ2) is 11.4. The third-order valence-corrected chi connectivity index (χ3v) is 6.54. The zero-order chi connectivity index (χ0) is 20.5. The fourth-order valence-electron chi connectivity index (χ4n) is 4.67. The van der Waals surface area contributed by atoms with Crippen LogP contribution < -0.4 is 0 Å². The lowest BCUT2D eigenvalue weighted by atomic mass is 9.78. The van der Waals surface area contributed by atoms with E-state index in [4.69, 9.17) is 0 Å². The summed E-state index contributed by atoms with van der Waals surface area (Å²) in [5, 5.41) is 0. The number of aryl methyl sites for hydroxylation is 2. The maximum Gasteiger partial charge on any atom is 0.162 e. The first-order valence-electron chi connectivity index (χ1n) is 11.8. The van der Waals surface area contributed by atoms with Crippen LogP contribution >= 0.6 is 0 Å². The summed E-state index contributed by atoms with van der Waals surface area (Å²) in [5.74, 6) is 2.05. The van der Waals surface area contributed by atoms with E-state index >= 15 is 0 Å². The molecule has 1 aromatic heterocycles. The van der Waals surface area contributed by atoms with Crippen molar-refractivity contribution in [2.75, 3.05) is 0 Å². The van der Waals surface area contributed by atoms with Crippen molar-refractivity contribution in [3.05, 3.63) is 47.5 Å². The van der Waals surface area contributed by atoms with E-state index in [9.17, 15) is 4.39 Å². The van der Waals surface area contributed by atoms with Gasteiger partial charge in [-0.3, -0.25) is 0 Å². The highest BCUT2D eigenvalue weighted by molar-refractivity contribution is 5.56. The normalized spacial score (nSPS) is 19.4. The molecule has 1 saturated carbocycles. The molecule has 3 rings (SSSR count). The summed E-state index contributed by atoms with van der Waals surface area (Å²) in [7, 11) is 0. The van der Waals surface area contributed by atoms with Gasteiger partial charge >= 0.3 is 0 Å². The monoisotopic (exact) mass is 396 g/mol. The highest BCUT2D eigenvalue weighted by atomic mass is 19.1. The number of hydrogen-bond donors (Lipinski definition) is 0. The van der Waals surface area contributed by atoms with Crippen LogP contribution in [0.2, 0.25) is 0 Å². The number of aromatic nitrogens is 2. The molecule has 3 heteroatoms.